The first kappa shape index (κ1) is 19.6. The summed E-state index contributed by atoms with van der Waals surface area (Å²) < 4.78 is 2.90. The van der Waals surface area contributed by atoms with Crippen LogP contribution in [-0.2, 0) is 18.4 Å². The number of amides is 1. The van der Waals surface area contributed by atoms with Crippen LogP contribution in [0.4, 0.5) is 5.69 Å². The zero-order valence-electron chi connectivity index (χ0n) is 14.4. The Morgan fingerprint density at radius 1 is 1.33 bits per heavy atom. The Morgan fingerprint density at radius 3 is 2.89 bits per heavy atom. The lowest BCUT2D eigenvalue weighted by Crippen LogP contribution is -2.19. The lowest BCUT2D eigenvalue weighted by atomic mass is 10.3. The minimum Gasteiger partial charge on any atom is -0.378 e. The number of carbonyl (C=O) groups excluding carboxylic acids is 1. The van der Waals surface area contributed by atoms with Gasteiger partial charge in [-0.2, -0.15) is 5.10 Å². The molecule has 0 radical (unpaired) electrons. The first-order valence-corrected chi connectivity index (χ1v) is 10.6. The number of aromatic nitrogens is 3. The second kappa shape index (κ2) is 9.67. The summed E-state index contributed by atoms with van der Waals surface area (Å²) in [4.78, 5) is 12.9. The number of anilines is 1. The standard InChI is InChI=1S/C17H17BrN6OS2/c1-24-15(10-19-13-6-4-12(18)5-7-13)21-23-17(24)27-11-16(25)22-20-9-14-3-2-8-26-14/h2-9,19H,10-11H2,1H3,(H,22,25)/b20-9+. The number of hydrogen-bond acceptors (Lipinski definition) is 7. The van der Waals surface area contributed by atoms with Crippen LogP contribution >= 0.6 is 39.0 Å². The van der Waals surface area contributed by atoms with E-state index in [1.807, 2.05) is 53.4 Å². The van der Waals surface area contributed by atoms with E-state index in [0.29, 0.717) is 11.7 Å². The van der Waals surface area contributed by atoms with Gasteiger partial charge in [0.2, 0.25) is 0 Å². The van der Waals surface area contributed by atoms with Crippen molar-refractivity contribution in [2.45, 2.75) is 11.7 Å². The summed E-state index contributed by atoms with van der Waals surface area (Å²) in [7, 11) is 1.88. The molecular formula is C17H17BrN6OS2. The molecular weight excluding hydrogens is 448 g/mol. The Bertz CT molecular complexity index is 908. The molecule has 7 nitrogen and oxygen atoms in total. The summed E-state index contributed by atoms with van der Waals surface area (Å²) in [6, 6.07) is 11.8. The second-order valence-electron chi connectivity index (χ2n) is 5.42. The van der Waals surface area contributed by atoms with Gasteiger partial charge >= 0.3 is 0 Å². The van der Waals surface area contributed by atoms with Crippen LogP contribution in [0.15, 0.2) is 56.5 Å². The van der Waals surface area contributed by atoms with Crippen molar-refractivity contribution in [2.24, 2.45) is 12.1 Å². The van der Waals surface area contributed by atoms with Gasteiger partial charge in [-0.3, -0.25) is 4.79 Å². The normalized spacial score (nSPS) is 11.0. The molecule has 0 fully saturated rings. The molecule has 0 atom stereocenters. The van der Waals surface area contributed by atoms with Crippen LogP contribution in [0.5, 0.6) is 0 Å². The highest BCUT2D eigenvalue weighted by molar-refractivity contribution is 9.10. The number of hydrogen-bond donors (Lipinski definition) is 2. The SMILES string of the molecule is Cn1c(CNc2ccc(Br)cc2)nnc1SCC(=O)N/N=C/c1cccs1. The maximum atomic E-state index is 11.9. The maximum absolute atomic E-state index is 11.9. The molecule has 0 spiro atoms. The Balaban J connectivity index is 1.46. The fraction of sp³-hybridized carbons (Fsp3) is 0.176. The maximum Gasteiger partial charge on any atom is 0.250 e. The summed E-state index contributed by atoms with van der Waals surface area (Å²) in [6.07, 6.45) is 1.63. The monoisotopic (exact) mass is 464 g/mol. The highest BCUT2D eigenvalue weighted by Gasteiger charge is 2.11. The van der Waals surface area contributed by atoms with Crippen molar-refractivity contribution in [1.29, 1.82) is 0 Å². The molecule has 1 aromatic carbocycles. The van der Waals surface area contributed by atoms with Gasteiger partial charge in [-0.25, -0.2) is 5.43 Å². The molecule has 0 aliphatic rings. The molecule has 0 unspecified atom stereocenters. The second-order valence-corrected chi connectivity index (χ2v) is 8.25. The third kappa shape index (κ3) is 5.91. The van der Waals surface area contributed by atoms with E-state index < -0.39 is 0 Å². The number of carbonyl (C=O) groups is 1. The number of rotatable bonds is 8. The lowest BCUT2D eigenvalue weighted by molar-refractivity contribution is -0.118. The first-order chi connectivity index (χ1) is 13.1. The van der Waals surface area contributed by atoms with Gasteiger partial charge in [0.1, 0.15) is 0 Å². The molecule has 2 aromatic heterocycles. The van der Waals surface area contributed by atoms with E-state index in [9.17, 15) is 4.79 Å². The number of hydrazone groups is 1. The fourth-order valence-electron chi connectivity index (χ4n) is 2.07. The van der Waals surface area contributed by atoms with Crippen LogP contribution in [0.2, 0.25) is 0 Å². The van der Waals surface area contributed by atoms with Gasteiger partial charge in [0.05, 0.1) is 18.5 Å². The molecule has 0 saturated carbocycles. The van der Waals surface area contributed by atoms with Gasteiger partial charge in [0, 0.05) is 22.1 Å². The van der Waals surface area contributed by atoms with Crippen LogP contribution in [0, 0.1) is 0 Å². The van der Waals surface area contributed by atoms with Crippen molar-refractivity contribution in [2.75, 3.05) is 11.1 Å². The molecule has 0 bridgehead atoms. The van der Waals surface area contributed by atoms with Crippen molar-refractivity contribution in [1.82, 2.24) is 20.2 Å². The molecule has 10 heteroatoms. The summed E-state index contributed by atoms with van der Waals surface area (Å²) >= 11 is 6.29. The van der Waals surface area contributed by atoms with Crippen LogP contribution in [0.1, 0.15) is 10.7 Å². The molecule has 140 valence electrons. The molecule has 2 heterocycles. The van der Waals surface area contributed by atoms with Crippen LogP contribution in [0.25, 0.3) is 0 Å². The van der Waals surface area contributed by atoms with Crippen molar-refractivity contribution in [3.05, 3.63) is 57.0 Å². The molecule has 0 aliphatic heterocycles. The van der Waals surface area contributed by atoms with E-state index in [2.05, 4.69) is 42.0 Å². The van der Waals surface area contributed by atoms with Crippen molar-refractivity contribution in [3.8, 4) is 0 Å². The number of nitrogens with zero attached hydrogens (tertiary/aromatic N) is 4. The minimum absolute atomic E-state index is 0.189. The molecule has 0 aliphatic carbocycles. The Hall–Kier alpha value is -2.17. The minimum atomic E-state index is -0.189. The third-order valence-electron chi connectivity index (χ3n) is 3.48. The fourth-order valence-corrected chi connectivity index (χ4v) is 3.64. The van der Waals surface area contributed by atoms with Crippen molar-refractivity contribution >= 4 is 56.8 Å². The number of nitrogens with one attached hydrogen (secondary N) is 2. The number of halogens is 1. The van der Waals surface area contributed by atoms with E-state index in [0.717, 1.165) is 20.9 Å². The van der Waals surface area contributed by atoms with E-state index in [-0.39, 0.29) is 11.7 Å². The first-order valence-electron chi connectivity index (χ1n) is 7.98. The van der Waals surface area contributed by atoms with Gasteiger partial charge in [0.15, 0.2) is 11.0 Å². The summed E-state index contributed by atoms with van der Waals surface area (Å²) in [6.45, 7) is 0.545. The van der Waals surface area contributed by atoms with E-state index >= 15 is 0 Å². The highest BCUT2D eigenvalue weighted by atomic mass is 79.9. The zero-order chi connectivity index (χ0) is 19.1. The predicted molar refractivity (Wildman–Crippen MR) is 113 cm³/mol. The topological polar surface area (TPSA) is 84.2 Å². The lowest BCUT2D eigenvalue weighted by Gasteiger charge is -2.07. The van der Waals surface area contributed by atoms with E-state index in [1.54, 1.807) is 17.6 Å². The molecule has 3 aromatic rings. The largest absolute Gasteiger partial charge is 0.378 e. The average Bonchev–Trinajstić information content (AvgIpc) is 3.30. The van der Waals surface area contributed by atoms with Gasteiger partial charge in [-0.05, 0) is 35.7 Å². The predicted octanol–water partition coefficient (Wildman–Crippen LogP) is 3.49. The molecule has 2 N–H and O–H groups in total. The highest BCUT2D eigenvalue weighted by Crippen LogP contribution is 2.17. The van der Waals surface area contributed by atoms with E-state index in [4.69, 9.17) is 0 Å². The van der Waals surface area contributed by atoms with Crippen molar-refractivity contribution < 1.29 is 4.79 Å². The molecule has 3 rings (SSSR count). The summed E-state index contributed by atoms with van der Waals surface area (Å²) in [5, 5.41) is 18.2. The Labute approximate surface area is 173 Å². The number of benzene rings is 1. The van der Waals surface area contributed by atoms with Crippen molar-refractivity contribution in [3.63, 3.8) is 0 Å². The quantitative estimate of drug-likeness (QED) is 0.302. The van der Waals surface area contributed by atoms with Crippen LogP contribution in [-0.4, -0.2) is 32.6 Å². The van der Waals surface area contributed by atoms with Gasteiger partial charge in [-0.1, -0.05) is 33.8 Å². The Kier molecular flexibility index (Phi) is 7.02. The average molecular weight is 465 g/mol. The number of thiophene rings is 1. The van der Waals surface area contributed by atoms with Crippen LogP contribution < -0.4 is 10.7 Å². The van der Waals surface area contributed by atoms with Gasteiger partial charge < -0.3 is 9.88 Å². The van der Waals surface area contributed by atoms with Crippen LogP contribution in [0.3, 0.4) is 0 Å². The molecule has 0 saturated heterocycles. The summed E-state index contributed by atoms with van der Waals surface area (Å²) in [5.74, 6) is 0.815. The Morgan fingerprint density at radius 2 is 2.15 bits per heavy atom. The van der Waals surface area contributed by atoms with E-state index in [1.165, 1.54) is 11.8 Å². The molecule has 1 amide bonds. The van der Waals surface area contributed by atoms with Gasteiger partial charge in [0.25, 0.3) is 5.91 Å². The number of thioether (sulfide) groups is 1. The van der Waals surface area contributed by atoms with Gasteiger partial charge in [-0.15, -0.1) is 21.5 Å². The third-order valence-corrected chi connectivity index (χ3v) is 5.83. The zero-order valence-corrected chi connectivity index (χ0v) is 17.6. The summed E-state index contributed by atoms with van der Waals surface area (Å²) in [5.41, 5.74) is 3.51. The molecule has 27 heavy (non-hydrogen) atoms. The smallest absolute Gasteiger partial charge is 0.250 e.